The SMILES string of the molecule is CC(=O)Nc1ccc(NC(=O)c2ccn(C3CCCNC3)n2)cc1. The molecular formula is C17H21N5O2. The lowest BCUT2D eigenvalue weighted by atomic mass is 10.1. The Hall–Kier alpha value is -2.67. The van der Waals surface area contributed by atoms with Crippen LogP contribution in [-0.4, -0.2) is 34.7 Å². The molecular weight excluding hydrogens is 306 g/mol. The molecule has 3 N–H and O–H groups in total. The molecule has 1 aromatic heterocycles. The van der Waals surface area contributed by atoms with E-state index in [9.17, 15) is 9.59 Å². The maximum atomic E-state index is 12.3. The normalized spacial score (nSPS) is 17.3. The number of piperidine rings is 1. The van der Waals surface area contributed by atoms with E-state index in [0.717, 1.165) is 25.9 Å². The lowest BCUT2D eigenvalue weighted by molar-refractivity contribution is -0.114. The van der Waals surface area contributed by atoms with Crippen LogP contribution in [0.4, 0.5) is 11.4 Å². The van der Waals surface area contributed by atoms with E-state index in [2.05, 4.69) is 21.0 Å². The van der Waals surface area contributed by atoms with Gasteiger partial charge >= 0.3 is 0 Å². The molecule has 1 unspecified atom stereocenters. The molecule has 1 saturated heterocycles. The predicted molar refractivity (Wildman–Crippen MR) is 92.1 cm³/mol. The van der Waals surface area contributed by atoms with E-state index in [-0.39, 0.29) is 11.8 Å². The number of anilines is 2. The van der Waals surface area contributed by atoms with Crippen LogP contribution >= 0.6 is 0 Å². The van der Waals surface area contributed by atoms with Crippen molar-refractivity contribution in [1.29, 1.82) is 0 Å². The van der Waals surface area contributed by atoms with Gasteiger partial charge in [0.05, 0.1) is 6.04 Å². The molecule has 1 atom stereocenters. The number of carbonyl (C=O) groups excluding carboxylic acids is 2. The van der Waals surface area contributed by atoms with Gasteiger partial charge in [-0.2, -0.15) is 5.10 Å². The van der Waals surface area contributed by atoms with Gasteiger partial charge in [-0.3, -0.25) is 14.3 Å². The summed E-state index contributed by atoms with van der Waals surface area (Å²) in [5.41, 5.74) is 1.74. The van der Waals surface area contributed by atoms with Gasteiger partial charge in [-0.15, -0.1) is 0 Å². The highest BCUT2D eigenvalue weighted by atomic mass is 16.2. The highest BCUT2D eigenvalue weighted by Crippen LogP contribution is 2.17. The Labute approximate surface area is 140 Å². The second kappa shape index (κ2) is 7.27. The van der Waals surface area contributed by atoms with Crippen molar-refractivity contribution in [2.24, 2.45) is 0 Å². The number of aromatic nitrogens is 2. The van der Waals surface area contributed by atoms with Gasteiger partial charge in [-0.25, -0.2) is 0 Å². The van der Waals surface area contributed by atoms with Crippen molar-refractivity contribution < 1.29 is 9.59 Å². The number of amides is 2. The van der Waals surface area contributed by atoms with Gasteiger partial charge in [0.25, 0.3) is 5.91 Å². The van der Waals surface area contributed by atoms with Crippen LogP contribution in [-0.2, 0) is 4.79 Å². The Balaban J connectivity index is 1.62. The molecule has 126 valence electrons. The lowest BCUT2D eigenvalue weighted by Gasteiger charge is -2.22. The number of benzene rings is 1. The Bertz CT molecular complexity index is 717. The second-order valence-electron chi connectivity index (χ2n) is 5.89. The number of nitrogens with one attached hydrogen (secondary N) is 3. The van der Waals surface area contributed by atoms with Gasteiger partial charge in [-0.1, -0.05) is 0 Å². The van der Waals surface area contributed by atoms with E-state index in [4.69, 9.17) is 0 Å². The summed E-state index contributed by atoms with van der Waals surface area (Å²) in [5, 5.41) is 13.2. The fraction of sp³-hybridized carbons (Fsp3) is 0.353. The molecule has 1 aliphatic rings. The second-order valence-corrected chi connectivity index (χ2v) is 5.89. The van der Waals surface area contributed by atoms with Gasteiger partial charge in [-0.05, 0) is 49.7 Å². The van der Waals surface area contributed by atoms with Crippen molar-refractivity contribution in [2.75, 3.05) is 23.7 Å². The van der Waals surface area contributed by atoms with Gasteiger partial charge in [0.15, 0.2) is 5.69 Å². The Morgan fingerprint density at radius 3 is 2.50 bits per heavy atom. The number of hydrogen-bond donors (Lipinski definition) is 3. The molecule has 2 amide bonds. The molecule has 2 aromatic rings. The Kier molecular flexibility index (Phi) is 4.90. The first-order chi connectivity index (χ1) is 11.6. The number of carbonyl (C=O) groups is 2. The molecule has 3 rings (SSSR count). The van der Waals surface area contributed by atoms with E-state index in [1.54, 1.807) is 30.3 Å². The maximum Gasteiger partial charge on any atom is 0.276 e. The Morgan fingerprint density at radius 2 is 1.88 bits per heavy atom. The van der Waals surface area contributed by atoms with Gasteiger partial charge in [0.2, 0.25) is 5.91 Å². The number of nitrogens with zero attached hydrogens (tertiary/aromatic N) is 2. The third kappa shape index (κ3) is 3.99. The van der Waals surface area contributed by atoms with Gasteiger partial charge in [0, 0.05) is 31.0 Å². The first-order valence-electron chi connectivity index (χ1n) is 8.07. The highest BCUT2D eigenvalue weighted by molar-refractivity contribution is 6.03. The van der Waals surface area contributed by atoms with Crippen molar-refractivity contribution in [3.63, 3.8) is 0 Å². The van der Waals surface area contributed by atoms with Crippen LogP contribution in [0, 0.1) is 0 Å². The molecule has 1 aliphatic heterocycles. The summed E-state index contributed by atoms with van der Waals surface area (Å²) in [6.07, 6.45) is 4.04. The van der Waals surface area contributed by atoms with E-state index in [0.29, 0.717) is 23.1 Å². The molecule has 0 spiro atoms. The first-order valence-corrected chi connectivity index (χ1v) is 8.07. The van der Waals surface area contributed by atoms with Crippen LogP contribution in [0.25, 0.3) is 0 Å². The van der Waals surface area contributed by atoms with Crippen LogP contribution < -0.4 is 16.0 Å². The van der Waals surface area contributed by atoms with Crippen molar-refractivity contribution in [3.05, 3.63) is 42.2 Å². The third-order valence-corrected chi connectivity index (χ3v) is 3.95. The fourth-order valence-electron chi connectivity index (χ4n) is 2.76. The fourth-order valence-corrected chi connectivity index (χ4v) is 2.76. The van der Waals surface area contributed by atoms with Gasteiger partial charge in [0.1, 0.15) is 0 Å². The minimum Gasteiger partial charge on any atom is -0.326 e. The average Bonchev–Trinajstić information content (AvgIpc) is 3.07. The molecule has 0 aliphatic carbocycles. The quantitative estimate of drug-likeness (QED) is 0.801. The zero-order valence-electron chi connectivity index (χ0n) is 13.6. The first kappa shape index (κ1) is 16.2. The molecule has 24 heavy (non-hydrogen) atoms. The van der Waals surface area contributed by atoms with Crippen LogP contribution in [0.5, 0.6) is 0 Å². The summed E-state index contributed by atoms with van der Waals surface area (Å²) >= 11 is 0. The summed E-state index contributed by atoms with van der Waals surface area (Å²) in [6, 6.07) is 9.00. The monoisotopic (exact) mass is 327 g/mol. The zero-order chi connectivity index (χ0) is 16.9. The molecule has 2 heterocycles. The van der Waals surface area contributed by atoms with Crippen LogP contribution in [0.15, 0.2) is 36.5 Å². The maximum absolute atomic E-state index is 12.3. The lowest BCUT2D eigenvalue weighted by Crippen LogP contribution is -2.32. The highest BCUT2D eigenvalue weighted by Gasteiger charge is 2.17. The topological polar surface area (TPSA) is 88.0 Å². The van der Waals surface area contributed by atoms with Crippen molar-refractivity contribution in [1.82, 2.24) is 15.1 Å². The number of rotatable bonds is 4. The molecule has 7 nitrogen and oxygen atoms in total. The van der Waals surface area contributed by atoms with Crippen LogP contribution in [0.2, 0.25) is 0 Å². The smallest absolute Gasteiger partial charge is 0.276 e. The summed E-state index contributed by atoms with van der Waals surface area (Å²) in [4.78, 5) is 23.3. The largest absolute Gasteiger partial charge is 0.326 e. The van der Waals surface area contributed by atoms with Crippen molar-refractivity contribution in [3.8, 4) is 0 Å². The summed E-state index contributed by atoms with van der Waals surface area (Å²) in [6.45, 7) is 3.38. The van der Waals surface area contributed by atoms with Crippen molar-refractivity contribution in [2.45, 2.75) is 25.8 Å². The molecule has 1 fully saturated rings. The number of hydrogen-bond acceptors (Lipinski definition) is 4. The summed E-state index contributed by atoms with van der Waals surface area (Å²) < 4.78 is 1.86. The van der Waals surface area contributed by atoms with Crippen molar-refractivity contribution >= 4 is 23.2 Å². The zero-order valence-corrected chi connectivity index (χ0v) is 13.6. The molecule has 0 radical (unpaired) electrons. The summed E-state index contributed by atoms with van der Waals surface area (Å²) in [5.74, 6) is -0.376. The van der Waals surface area contributed by atoms with E-state index in [1.165, 1.54) is 6.92 Å². The minimum absolute atomic E-state index is 0.130. The van der Waals surface area contributed by atoms with E-state index >= 15 is 0 Å². The Morgan fingerprint density at radius 1 is 1.17 bits per heavy atom. The molecule has 0 bridgehead atoms. The van der Waals surface area contributed by atoms with Crippen LogP contribution in [0.3, 0.4) is 0 Å². The average molecular weight is 327 g/mol. The molecule has 7 heteroatoms. The molecule has 1 aromatic carbocycles. The van der Waals surface area contributed by atoms with Crippen LogP contribution in [0.1, 0.15) is 36.3 Å². The van der Waals surface area contributed by atoms with E-state index < -0.39 is 0 Å². The summed E-state index contributed by atoms with van der Waals surface area (Å²) in [7, 11) is 0. The third-order valence-electron chi connectivity index (χ3n) is 3.95. The predicted octanol–water partition coefficient (Wildman–Crippen LogP) is 2.02. The standard InChI is InChI=1S/C17H21N5O2/c1-12(23)19-13-4-6-14(7-5-13)20-17(24)16-8-10-22(21-16)15-3-2-9-18-11-15/h4-8,10,15,18H,2-3,9,11H2,1H3,(H,19,23)(H,20,24). The van der Waals surface area contributed by atoms with Gasteiger partial charge < -0.3 is 16.0 Å². The minimum atomic E-state index is -0.246. The van der Waals surface area contributed by atoms with E-state index in [1.807, 2.05) is 10.9 Å². The molecule has 0 saturated carbocycles.